The van der Waals surface area contributed by atoms with E-state index in [0.29, 0.717) is 5.56 Å². The highest BCUT2D eigenvalue weighted by Gasteiger charge is 2.59. The highest BCUT2D eigenvalue weighted by molar-refractivity contribution is 5.76. The van der Waals surface area contributed by atoms with Crippen LogP contribution in [0.3, 0.4) is 0 Å². The molecule has 1 aromatic carbocycles. The number of phenolic OH excluding ortho intramolecular Hbond substituents is 1. The maximum atomic E-state index is 12.7. The van der Waals surface area contributed by atoms with Gasteiger partial charge in [0, 0.05) is 0 Å². The summed E-state index contributed by atoms with van der Waals surface area (Å²) in [5, 5.41) is 59.1. The van der Waals surface area contributed by atoms with Crippen LogP contribution in [-0.4, -0.2) is 84.0 Å². The third kappa shape index (κ3) is 4.07. The van der Waals surface area contributed by atoms with Crippen LogP contribution >= 0.6 is 0 Å². The van der Waals surface area contributed by atoms with Crippen LogP contribution in [0, 0.1) is 0 Å². The SMILES string of the molecule is N[C@@H](Cc1ccc(O)cc1)C(=O)O[C@@]1(c2cn[nH]n2)O[C@H](CO)[C@H](O)[C@H](O)[C@H]1O. The Labute approximate surface area is 164 Å². The molecule has 1 fully saturated rings. The van der Waals surface area contributed by atoms with Gasteiger partial charge in [0.25, 0.3) is 5.79 Å². The number of esters is 1. The van der Waals surface area contributed by atoms with Crippen LogP contribution in [0.1, 0.15) is 11.3 Å². The summed E-state index contributed by atoms with van der Waals surface area (Å²) in [7, 11) is 0. The Morgan fingerprint density at radius 1 is 1.28 bits per heavy atom. The zero-order valence-corrected chi connectivity index (χ0v) is 15.1. The summed E-state index contributed by atoms with van der Waals surface area (Å²) in [5.74, 6) is -3.31. The number of aromatic nitrogens is 3. The molecular formula is C17H22N4O8. The molecular weight excluding hydrogens is 388 g/mol. The standard InChI is InChI=1S/C17H22N4O8/c18-10(5-8-1-3-9(23)4-2-8)16(27)29-17(12-6-19-21-20-12)15(26)14(25)13(24)11(7-22)28-17/h1-4,6,10-11,13-15,22-26H,5,7,18H2,(H,19,20,21)/t10-,11+,13-,14-,15+,17+/m0/s1. The summed E-state index contributed by atoms with van der Waals surface area (Å²) >= 11 is 0. The van der Waals surface area contributed by atoms with Gasteiger partial charge in [-0.15, -0.1) is 0 Å². The fourth-order valence-corrected chi connectivity index (χ4v) is 3.05. The molecule has 1 saturated heterocycles. The van der Waals surface area contributed by atoms with E-state index in [1.54, 1.807) is 12.1 Å². The lowest BCUT2D eigenvalue weighted by Gasteiger charge is -2.46. The normalized spacial score (nSPS) is 30.7. The lowest BCUT2D eigenvalue weighted by atomic mass is 9.90. The van der Waals surface area contributed by atoms with Gasteiger partial charge in [0.15, 0.2) is 11.8 Å². The number of benzene rings is 1. The molecule has 0 unspecified atom stereocenters. The summed E-state index contributed by atoms with van der Waals surface area (Å²) in [4.78, 5) is 12.7. The van der Waals surface area contributed by atoms with Crippen molar-refractivity contribution in [2.45, 2.75) is 42.7 Å². The third-order valence-electron chi connectivity index (χ3n) is 4.67. The van der Waals surface area contributed by atoms with Gasteiger partial charge in [-0.05, 0) is 24.1 Å². The van der Waals surface area contributed by atoms with E-state index in [4.69, 9.17) is 15.2 Å². The first-order valence-electron chi connectivity index (χ1n) is 8.74. The minimum Gasteiger partial charge on any atom is -0.508 e. The minimum absolute atomic E-state index is 0.0404. The number of carbonyl (C=O) groups excluding carboxylic acids is 1. The molecule has 3 rings (SSSR count). The summed E-state index contributed by atoms with van der Waals surface area (Å²) < 4.78 is 10.8. The topological polar surface area (TPSA) is 204 Å². The van der Waals surface area contributed by atoms with Gasteiger partial charge in [0.2, 0.25) is 0 Å². The number of H-pyrrole nitrogens is 1. The molecule has 12 nitrogen and oxygen atoms in total. The van der Waals surface area contributed by atoms with E-state index < -0.39 is 48.8 Å². The quantitative estimate of drug-likeness (QED) is 0.243. The lowest BCUT2D eigenvalue weighted by molar-refractivity contribution is -0.361. The molecule has 0 aliphatic carbocycles. The van der Waals surface area contributed by atoms with Gasteiger partial charge in [-0.2, -0.15) is 15.4 Å². The highest BCUT2D eigenvalue weighted by atomic mass is 16.7. The number of carbonyl (C=O) groups is 1. The molecule has 0 radical (unpaired) electrons. The van der Waals surface area contributed by atoms with Crippen LogP contribution in [0.25, 0.3) is 0 Å². The van der Waals surface area contributed by atoms with Gasteiger partial charge in [-0.25, -0.2) is 0 Å². The van der Waals surface area contributed by atoms with E-state index in [1.165, 1.54) is 12.1 Å². The zero-order valence-electron chi connectivity index (χ0n) is 15.1. The first-order chi connectivity index (χ1) is 13.8. The third-order valence-corrected chi connectivity index (χ3v) is 4.67. The number of rotatable bonds is 6. The van der Waals surface area contributed by atoms with Crippen molar-refractivity contribution in [3.05, 3.63) is 41.7 Å². The van der Waals surface area contributed by atoms with E-state index in [9.17, 15) is 30.3 Å². The Balaban J connectivity index is 1.86. The smallest absolute Gasteiger partial charge is 0.326 e. The lowest BCUT2D eigenvalue weighted by Crippen LogP contribution is -2.65. The first-order valence-corrected chi connectivity index (χ1v) is 8.74. The molecule has 12 heteroatoms. The first kappa shape index (κ1) is 21.1. The number of aliphatic hydroxyl groups is 4. The summed E-state index contributed by atoms with van der Waals surface area (Å²) in [6.45, 7) is -0.734. The van der Waals surface area contributed by atoms with Crippen molar-refractivity contribution in [1.29, 1.82) is 0 Å². The second kappa shape index (κ2) is 8.41. The zero-order chi connectivity index (χ0) is 21.2. The average molecular weight is 410 g/mol. The van der Waals surface area contributed by atoms with Crippen LogP contribution in [0.4, 0.5) is 0 Å². The molecule has 0 saturated carbocycles. The highest BCUT2D eigenvalue weighted by Crippen LogP contribution is 2.38. The molecule has 29 heavy (non-hydrogen) atoms. The van der Waals surface area contributed by atoms with Crippen molar-refractivity contribution >= 4 is 5.97 Å². The number of aromatic hydroxyl groups is 1. The van der Waals surface area contributed by atoms with Crippen LogP contribution in [-0.2, 0) is 26.5 Å². The molecule has 1 aromatic heterocycles. The molecule has 0 amide bonds. The number of phenols is 1. The van der Waals surface area contributed by atoms with Crippen molar-refractivity contribution in [2.75, 3.05) is 6.61 Å². The predicted molar refractivity (Wildman–Crippen MR) is 93.9 cm³/mol. The largest absolute Gasteiger partial charge is 0.508 e. The number of hydrogen-bond donors (Lipinski definition) is 7. The van der Waals surface area contributed by atoms with Crippen molar-refractivity contribution in [3.63, 3.8) is 0 Å². The molecule has 0 bridgehead atoms. The van der Waals surface area contributed by atoms with Crippen molar-refractivity contribution < 1.29 is 39.8 Å². The van der Waals surface area contributed by atoms with E-state index in [1.807, 2.05) is 0 Å². The fraction of sp³-hybridized carbons (Fsp3) is 0.471. The van der Waals surface area contributed by atoms with Crippen molar-refractivity contribution in [3.8, 4) is 5.75 Å². The summed E-state index contributed by atoms with van der Waals surface area (Å²) in [5.41, 5.74) is 6.35. The number of nitrogens with two attached hydrogens (primary N) is 1. The number of aromatic amines is 1. The van der Waals surface area contributed by atoms with Crippen LogP contribution < -0.4 is 5.73 Å². The summed E-state index contributed by atoms with van der Waals surface area (Å²) in [6.07, 6.45) is -5.65. The number of nitrogens with zero attached hydrogens (tertiary/aromatic N) is 2. The van der Waals surface area contributed by atoms with E-state index >= 15 is 0 Å². The number of aliphatic hydroxyl groups excluding tert-OH is 4. The van der Waals surface area contributed by atoms with Gasteiger partial charge in [0.05, 0.1) is 12.8 Å². The molecule has 158 valence electrons. The Morgan fingerprint density at radius 2 is 1.97 bits per heavy atom. The van der Waals surface area contributed by atoms with E-state index in [0.717, 1.165) is 6.20 Å². The van der Waals surface area contributed by atoms with Gasteiger partial charge in [-0.3, -0.25) is 4.79 Å². The van der Waals surface area contributed by atoms with Gasteiger partial charge >= 0.3 is 5.97 Å². The Hall–Kier alpha value is -2.61. The van der Waals surface area contributed by atoms with Crippen LogP contribution in [0.5, 0.6) is 5.75 Å². The maximum Gasteiger partial charge on any atom is 0.326 e. The Morgan fingerprint density at radius 3 is 2.55 bits per heavy atom. The monoisotopic (exact) mass is 410 g/mol. The molecule has 1 aliphatic heterocycles. The van der Waals surface area contributed by atoms with E-state index in [-0.39, 0.29) is 17.9 Å². The Kier molecular flexibility index (Phi) is 6.12. The summed E-state index contributed by atoms with van der Waals surface area (Å²) in [6, 6.07) is 4.81. The van der Waals surface area contributed by atoms with Gasteiger partial charge in [0.1, 0.15) is 30.1 Å². The number of ether oxygens (including phenoxy) is 2. The maximum absolute atomic E-state index is 12.7. The van der Waals surface area contributed by atoms with Crippen molar-refractivity contribution in [1.82, 2.24) is 15.4 Å². The average Bonchev–Trinajstić information content (AvgIpc) is 3.25. The number of hydrogen-bond acceptors (Lipinski definition) is 11. The number of nitrogens with one attached hydrogen (secondary N) is 1. The minimum atomic E-state index is -2.36. The second-order valence-corrected chi connectivity index (χ2v) is 6.69. The fourth-order valence-electron chi connectivity index (χ4n) is 3.05. The van der Waals surface area contributed by atoms with Crippen LogP contribution in [0.2, 0.25) is 0 Å². The van der Waals surface area contributed by atoms with E-state index in [2.05, 4.69) is 15.4 Å². The van der Waals surface area contributed by atoms with Crippen LogP contribution in [0.15, 0.2) is 30.5 Å². The molecule has 0 spiro atoms. The molecule has 2 heterocycles. The molecule has 1 aliphatic rings. The van der Waals surface area contributed by atoms with Gasteiger partial charge in [-0.1, -0.05) is 12.1 Å². The van der Waals surface area contributed by atoms with Crippen molar-refractivity contribution in [2.24, 2.45) is 5.73 Å². The molecule has 6 atom stereocenters. The molecule has 2 aromatic rings. The van der Waals surface area contributed by atoms with Gasteiger partial charge < -0.3 is 40.7 Å². The Bertz CT molecular complexity index is 815. The predicted octanol–water partition coefficient (Wildman–Crippen LogP) is -2.75. The second-order valence-electron chi connectivity index (χ2n) is 6.69. The molecule has 8 N–H and O–H groups in total.